The van der Waals surface area contributed by atoms with Gasteiger partial charge in [-0.2, -0.15) is 5.10 Å². The number of alkyl halides is 2. The van der Waals surface area contributed by atoms with Crippen LogP contribution in [0.25, 0.3) is 0 Å². The van der Waals surface area contributed by atoms with Gasteiger partial charge in [0, 0.05) is 6.54 Å². The Hall–Kier alpha value is -0.490. The summed E-state index contributed by atoms with van der Waals surface area (Å²) in [6, 6.07) is -0.966. The largest absolute Gasteiger partial charge is 0.304 e. The van der Waals surface area contributed by atoms with E-state index in [1.165, 1.54) is 0 Å². The summed E-state index contributed by atoms with van der Waals surface area (Å²) in [6.07, 6.45) is -0.894. The average Bonchev–Trinajstić information content (AvgIpc) is 2.55. The molecule has 1 aromatic heterocycles. The number of hydrogen-bond donors (Lipinski definition) is 1. The van der Waals surface area contributed by atoms with Crippen molar-refractivity contribution in [1.82, 2.24) is 15.1 Å². The highest BCUT2D eigenvalue weighted by molar-refractivity contribution is 9.10. The first-order chi connectivity index (χ1) is 7.11. The van der Waals surface area contributed by atoms with Gasteiger partial charge in [-0.25, -0.2) is 8.78 Å². The molecule has 0 bridgehead atoms. The van der Waals surface area contributed by atoms with Crippen molar-refractivity contribution in [2.75, 3.05) is 6.54 Å². The second-order valence-electron chi connectivity index (χ2n) is 3.06. The Bertz CT molecular complexity index is 314. The summed E-state index contributed by atoms with van der Waals surface area (Å²) in [5.74, 6) is 0. The molecule has 0 radical (unpaired) electrons. The third-order valence-corrected chi connectivity index (χ3v) is 2.71. The van der Waals surface area contributed by atoms with E-state index >= 15 is 0 Å². The van der Waals surface area contributed by atoms with Gasteiger partial charge in [0.1, 0.15) is 6.04 Å². The number of aromatic nitrogens is 2. The zero-order chi connectivity index (χ0) is 11.4. The topological polar surface area (TPSA) is 29.9 Å². The second-order valence-corrected chi connectivity index (χ2v) is 3.92. The van der Waals surface area contributed by atoms with E-state index in [1.54, 1.807) is 17.8 Å². The first-order valence-electron chi connectivity index (χ1n) is 4.84. The first-order valence-corrected chi connectivity index (χ1v) is 5.63. The van der Waals surface area contributed by atoms with E-state index in [2.05, 4.69) is 26.3 Å². The maximum atomic E-state index is 12.8. The van der Waals surface area contributed by atoms with Crippen molar-refractivity contribution in [2.45, 2.75) is 32.9 Å². The Labute approximate surface area is 96.0 Å². The van der Waals surface area contributed by atoms with Crippen molar-refractivity contribution >= 4 is 15.9 Å². The lowest BCUT2D eigenvalue weighted by atomic mass is 10.2. The highest BCUT2D eigenvalue weighted by Crippen LogP contribution is 2.27. The highest BCUT2D eigenvalue weighted by Gasteiger charge is 2.27. The Morgan fingerprint density at radius 2 is 2.20 bits per heavy atom. The van der Waals surface area contributed by atoms with Crippen molar-refractivity contribution in [3.8, 4) is 0 Å². The lowest BCUT2D eigenvalue weighted by Crippen LogP contribution is -2.29. The number of nitrogens with zero attached hydrogens (tertiary/aromatic N) is 2. The normalized spacial score (nSPS) is 13.5. The summed E-state index contributed by atoms with van der Waals surface area (Å²) >= 11 is 3.24. The number of rotatable bonds is 5. The molecule has 0 aliphatic carbocycles. The maximum absolute atomic E-state index is 12.8. The molecule has 1 aromatic rings. The van der Waals surface area contributed by atoms with Crippen molar-refractivity contribution in [3.63, 3.8) is 0 Å². The van der Waals surface area contributed by atoms with Crippen LogP contribution in [-0.4, -0.2) is 22.8 Å². The van der Waals surface area contributed by atoms with Gasteiger partial charge in [-0.15, -0.1) is 0 Å². The number of nitrogens with one attached hydrogen (secondary N) is 1. The third-order valence-electron chi connectivity index (χ3n) is 2.10. The van der Waals surface area contributed by atoms with E-state index < -0.39 is 12.5 Å². The van der Waals surface area contributed by atoms with Crippen molar-refractivity contribution in [2.24, 2.45) is 0 Å². The fraction of sp³-hybridized carbons (Fsp3) is 0.667. The van der Waals surface area contributed by atoms with Crippen LogP contribution in [-0.2, 0) is 6.54 Å². The summed E-state index contributed by atoms with van der Waals surface area (Å²) in [6.45, 7) is 4.75. The van der Waals surface area contributed by atoms with E-state index in [0.717, 1.165) is 0 Å². The van der Waals surface area contributed by atoms with Gasteiger partial charge in [0.25, 0.3) is 6.43 Å². The van der Waals surface area contributed by atoms with Crippen LogP contribution in [0.2, 0.25) is 0 Å². The number of aryl methyl sites for hydroxylation is 1. The predicted molar refractivity (Wildman–Crippen MR) is 58.0 cm³/mol. The van der Waals surface area contributed by atoms with Gasteiger partial charge in [0.2, 0.25) is 0 Å². The lowest BCUT2D eigenvalue weighted by Gasteiger charge is -2.18. The minimum absolute atomic E-state index is 0.496. The molecule has 0 saturated heterocycles. The molecule has 0 aliphatic rings. The Morgan fingerprint density at radius 3 is 2.67 bits per heavy atom. The van der Waals surface area contributed by atoms with Gasteiger partial charge in [-0.3, -0.25) is 4.68 Å². The fourth-order valence-corrected chi connectivity index (χ4v) is 2.00. The molecule has 0 aromatic carbocycles. The zero-order valence-corrected chi connectivity index (χ0v) is 10.3. The smallest absolute Gasteiger partial charge is 0.259 e. The molecule has 86 valence electrons. The van der Waals surface area contributed by atoms with Crippen LogP contribution in [0.4, 0.5) is 8.78 Å². The predicted octanol–water partition coefficient (Wildman–Crippen LogP) is 2.58. The summed E-state index contributed by atoms with van der Waals surface area (Å²) in [5.41, 5.74) is 0.509. The van der Waals surface area contributed by atoms with Gasteiger partial charge in [-0.05, 0) is 29.4 Å². The molecule has 0 amide bonds. The first kappa shape index (κ1) is 12.6. The lowest BCUT2D eigenvalue weighted by molar-refractivity contribution is 0.0948. The average molecular weight is 282 g/mol. The van der Waals surface area contributed by atoms with E-state index in [0.29, 0.717) is 23.3 Å². The molecule has 6 heteroatoms. The van der Waals surface area contributed by atoms with Gasteiger partial charge in [0.05, 0.1) is 16.4 Å². The van der Waals surface area contributed by atoms with E-state index in [-0.39, 0.29) is 0 Å². The molecule has 1 atom stereocenters. The Balaban J connectivity index is 3.03. The Morgan fingerprint density at radius 1 is 1.53 bits per heavy atom. The molecule has 1 rings (SSSR count). The molecule has 1 unspecified atom stereocenters. The standard InChI is InChI=1S/C9H14BrF2N3/c1-3-13-7(9(11)12)8-6(10)5-14-15(8)4-2/h5,7,9,13H,3-4H2,1-2H3. The van der Waals surface area contributed by atoms with E-state index in [9.17, 15) is 8.78 Å². The van der Waals surface area contributed by atoms with Gasteiger partial charge in [-0.1, -0.05) is 6.92 Å². The maximum Gasteiger partial charge on any atom is 0.259 e. The van der Waals surface area contributed by atoms with Crippen LogP contribution in [0.15, 0.2) is 10.7 Å². The minimum Gasteiger partial charge on any atom is -0.304 e. The number of hydrogen-bond acceptors (Lipinski definition) is 2. The molecule has 15 heavy (non-hydrogen) atoms. The Kier molecular flexibility index (Phi) is 4.66. The third kappa shape index (κ3) is 2.75. The quantitative estimate of drug-likeness (QED) is 0.899. The fourth-order valence-electron chi connectivity index (χ4n) is 1.46. The molecule has 0 aliphatic heterocycles. The van der Waals surface area contributed by atoms with Gasteiger partial charge >= 0.3 is 0 Å². The van der Waals surface area contributed by atoms with Crippen molar-refractivity contribution < 1.29 is 8.78 Å². The molecular weight excluding hydrogens is 268 g/mol. The molecule has 0 fully saturated rings. The van der Waals surface area contributed by atoms with Crippen LogP contribution >= 0.6 is 15.9 Å². The molecule has 1 heterocycles. The second kappa shape index (κ2) is 5.55. The number of halogens is 3. The van der Waals surface area contributed by atoms with E-state index in [1.807, 2.05) is 6.92 Å². The summed E-state index contributed by atoms with van der Waals surface area (Å²) in [7, 11) is 0. The molecule has 0 spiro atoms. The molecule has 1 N–H and O–H groups in total. The van der Waals surface area contributed by atoms with Crippen LogP contribution in [0, 0.1) is 0 Å². The summed E-state index contributed by atoms with van der Waals surface area (Å²) in [5, 5.41) is 6.78. The monoisotopic (exact) mass is 281 g/mol. The minimum atomic E-state index is -2.44. The van der Waals surface area contributed by atoms with Crippen molar-refractivity contribution in [1.29, 1.82) is 0 Å². The van der Waals surface area contributed by atoms with E-state index in [4.69, 9.17) is 0 Å². The van der Waals surface area contributed by atoms with Crippen molar-refractivity contribution in [3.05, 3.63) is 16.4 Å². The SMILES string of the molecule is CCNC(c1c(Br)cnn1CC)C(F)F. The highest BCUT2D eigenvalue weighted by atomic mass is 79.9. The molecule has 0 saturated carbocycles. The van der Waals surface area contributed by atoms with Gasteiger partial charge in [0.15, 0.2) is 0 Å². The van der Waals surface area contributed by atoms with Crippen LogP contribution in [0.5, 0.6) is 0 Å². The van der Waals surface area contributed by atoms with Crippen LogP contribution in [0.3, 0.4) is 0 Å². The summed E-state index contributed by atoms with van der Waals surface area (Å²) < 4.78 is 27.8. The van der Waals surface area contributed by atoms with Gasteiger partial charge < -0.3 is 5.32 Å². The van der Waals surface area contributed by atoms with Crippen LogP contribution in [0.1, 0.15) is 25.6 Å². The molecular formula is C9H14BrF2N3. The summed E-state index contributed by atoms with van der Waals surface area (Å²) in [4.78, 5) is 0. The zero-order valence-electron chi connectivity index (χ0n) is 8.67. The molecule has 3 nitrogen and oxygen atoms in total. The van der Waals surface area contributed by atoms with Crippen LogP contribution < -0.4 is 5.32 Å².